The fraction of sp³-hybridized carbons (Fsp3) is 0.577. The van der Waals surface area contributed by atoms with Gasteiger partial charge in [0.25, 0.3) is 0 Å². The minimum Gasteiger partial charge on any atom is -0.457 e. The van der Waals surface area contributed by atoms with Crippen molar-refractivity contribution in [2.75, 3.05) is 31.2 Å². The summed E-state index contributed by atoms with van der Waals surface area (Å²) in [6, 6.07) is 5.00. The standard InChI is InChI=1S/C26H36FNO4/c1-18-5-4-6-19(2)26(32-25(30)17-24(29)8-7-18)20(3)13-21-14-22(27)16-23(15-21)28-9-11-31-12-10-28/h4,6,13-16,18-19,24,26,29H,5,7-12,17H2,1-3H3/b6-4+,20-13+/t18-,19-,24+,26-/m0/s1. The monoisotopic (exact) mass is 445 g/mol. The lowest BCUT2D eigenvalue weighted by Gasteiger charge is -2.29. The molecule has 4 atom stereocenters. The van der Waals surface area contributed by atoms with Gasteiger partial charge in [0.1, 0.15) is 11.9 Å². The van der Waals surface area contributed by atoms with Crippen molar-refractivity contribution in [3.63, 3.8) is 0 Å². The van der Waals surface area contributed by atoms with Crippen molar-refractivity contribution in [2.24, 2.45) is 11.8 Å². The molecule has 1 aromatic carbocycles. The number of nitrogens with zero attached hydrogens (tertiary/aromatic N) is 1. The van der Waals surface area contributed by atoms with Crippen LogP contribution in [-0.2, 0) is 14.3 Å². The molecule has 0 aromatic heterocycles. The third kappa shape index (κ3) is 7.17. The average Bonchev–Trinajstić information content (AvgIpc) is 2.75. The Morgan fingerprint density at radius 3 is 2.69 bits per heavy atom. The van der Waals surface area contributed by atoms with Crippen molar-refractivity contribution >= 4 is 17.7 Å². The van der Waals surface area contributed by atoms with E-state index in [4.69, 9.17) is 9.47 Å². The van der Waals surface area contributed by atoms with E-state index in [1.807, 2.05) is 26.0 Å². The number of hydrogen-bond donors (Lipinski definition) is 1. The van der Waals surface area contributed by atoms with Gasteiger partial charge >= 0.3 is 5.97 Å². The summed E-state index contributed by atoms with van der Waals surface area (Å²) < 4.78 is 25.6. The molecule has 2 aliphatic rings. The summed E-state index contributed by atoms with van der Waals surface area (Å²) in [5, 5.41) is 10.2. The highest BCUT2D eigenvalue weighted by Gasteiger charge is 2.24. The molecule has 0 radical (unpaired) electrons. The minimum absolute atomic E-state index is 0.00587. The zero-order valence-corrected chi connectivity index (χ0v) is 19.4. The van der Waals surface area contributed by atoms with Gasteiger partial charge in [-0.25, -0.2) is 4.39 Å². The SMILES string of the molecule is C/C(=C\c1cc(F)cc(N2CCOCC2)c1)[C@H]1OC(=O)C[C@H](O)CC[C@@H](C)C/C=C/[C@@H]1C. The third-order valence-electron chi connectivity index (χ3n) is 6.23. The number of carbonyl (C=O) groups excluding carboxylic acids is 1. The van der Waals surface area contributed by atoms with Gasteiger partial charge in [-0.3, -0.25) is 4.79 Å². The highest BCUT2D eigenvalue weighted by atomic mass is 19.1. The second kappa shape index (κ2) is 11.6. The van der Waals surface area contributed by atoms with Crippen LogP contribution in [-0.4, -0.2) is 49.6 Å². The number of cyclic esters (lactones) is 1. The van der Waals surface area contributed by atoms with Crippen molar-refractivity contribution in [1.29, 1.82) is 0 Å². The number of halogens is 1. The number of rotatable bonds is 3. The topological polar surface area (TPSA) is 59.0 Å². The quantitative estimate of drug-likeness (QED) is 0.538. The summed E-state index contributed by atoms with van der Waals surface area (Å²) in [6.07, 6.45) is 7.34. The number of benzene rings is 1. The molecular formula is C26H36FNO4. The van der Waals surface area contributed by atoms with Gasteiger partial charge in [0, 0.05) is 24.7 Å². The Hall–Kier alpha value is -2.18. The maximum absolute atomic E-state index is 14.4. The number of morpholine rings is 1. The van der Waals surface area contributed by atoms with E-state index in [0.717, 1.165) is 42.8 Å². The number of ether oxygens (including phenoxy) is 2. The summed E-state index contributed by atoms with van der Waals surface area (Å²) >= 11 is 0. The highest BCUT2D eigenvalue weighted by molar-refractivity contribution is 5.71. The molecular weight excluding hydrogens is 409 g/mol. The van der Waals surface area contributed by atoms with Crippen molar-refractivity contribution in [3.8, 4) is 0 Å². The molecule has 0 bridgehead atoms. The van der Waals surface area contributed by atoms with E-state index in [1.165, 1.54) is 6.07 Å². The Balaban J connectivity index is 1.84. The maximum Gasteiger partial charge on any atom is 0.309 e. The number of allylic oxidation sites excluding steroid dienone is 1. The van der Waals surface area contributed by atoms with Crippen LogP contribution in [0.2, 0.25) is 0 Å². The van der Waals surface area contributed by atoms with Crippen LogP contribution in [0.4, 0.5) is 10.1 Å². The van der Waals surface area contributed by atoms with E-state index in [9.17, 15) is 14.3 Å². The normalized spacial score (nSPS) is 29.6. The molecule has 1 fully saturated rings. The molecule has 0 amide bonds. The van der Waals surface area contributed by atoms with Crippen molar-refractivity contribution < 1.29 is 23.8 Å². The van der Waals surface area contributed by atoms with E-state index in [0.29, 0.717) is 25.6 Å². The number of aliphatic hydroxyl groups is 1. The predicted molar refractivity (Wildman–Crippen MR) is 125 cm³/mol. The van der Waals surface area contributed by atoms with Crippen LogP contribution >= 0.6 is 0 Å². The van der Waals surface area contributed by atoms with Gasteiger partial charge in [-0.2, -0.15) is 0 Å². The molecule has 0 saturated carbocycles. The number of aliphatic hydroxyl groups excluding tert-OH is 1. The van der Waals surface area contributed by atoms with Crippen LogP contribution < -0.4 is 4.90 Å². The summed E-state index contributed by atoms with van der Waals surface area (Å²) in [5.41, 5.74) is 2.40. The second-order valence-corrected chi connectivity index (χ2v) is 9.20. The van der Waals surface area contributed by atoms with Gasteiger partial charge in [-0.15, -0.1) is 0 Å². The molecule has 32 heavy (non-hydrogen) atoms. The predicted octanol–water partition coefficient (Wildman–Crippen LogP) is 4.74. The molecule has 176 valence electrons. The van der Waals surface area contributed by atoms with Gasteiger partial charge in [0.2, 0.25) is 0 Å². The van der Waals surface area contributed by atoms with Crippen LogP contribution in [0.3, 0.4) is 0 Å². The van der Waals surface area contributed by atoms with E-state index in [-0.39, 0.29) is 18.2 Å². The number of carbonyl (C=O) groups is 1. The minimum atomic E-state index is -0.687. The third-order valence-corrected chi connectivity index (χ3v) is 6.23. The van der Waals surface area contributed by atoms with Crippen LogP contribution in [0.25, 0.3) is 6.08 Å². The van der Waals surface area contributed by atoms with Gasteiger partial charge < -0.3 is 19.5 Å². The molecule has 1 saturated heterocycles. The summed E-state index contributed by atoms with van der Waals surface area (Å²) in [6.45, 7) is 8.81. The fourth-order valence-corrected chi connectivity index (χ4v) is 4.35. The van der Waals surface area contributed by atoms with Crippen LogP contribution in [0.15, 0.2) is 35.9 Å². The van der Waals surface area contributed by atoms with E-state index >= 15 is 0 Å². The van der Waals surface area contributed by atoms with Crippen LogP contribution in [0, 0.1) is 17.7 Å². The van der Waals surface area contributed by atoms with Crippen molar-refractivity contribution in [2.45, 2.75) is 58.7 Å². The molecule has 5 nitrogen and oxygen atoms in total. The van der Waals surface area contributed by atoms with Crippen molar-refractivity contribution in [1.82, 2.24) is 0 Å². The van der Waals surface area contributed by atoms with Gasteiger partial charge in [0.15, 0.2) is 0 Å². The Labute approximate surface area is 190 Å². The van der Waals surface area contributed by atoms with Gasteiger partial charge in [0.05, 0.1) is 25.7 Å². The molecule has 6 heteroatoms. The first-order chi connectivity index (χ1) is 15.3. The Morgan fingerprint density at radius 1 is 1.19 bits per heavy atom. The van der Waals surface area contributed by atoms with E-state index in [2.05, 4.69) is 24.0 Å². The van der Waals surface area contributed by atoms with Gasteiger partial charge in [-0.05, 0) is 61.4 Å². The molecule has 3 rings (SSSR count). The van der Waals surface area contributed by atoms with Crippen LogP contribution in [0.1, 0.15) is 52.0 Å². The largest absolute Gasteiger partial charge is 0.457 e. The smallest absolute Gasteiger partial charge is 0.309 e. The summed E-state index contributed by atoms with van der Waals surface area (Å²) in [4.78, 5) is 14.6. The van der Waals surface area contributed by atoms with E-state index < -0.39 is 18.2 Å². The first-order valence-electron chi connectivity index (χ1n) is 11.7. The summed E-state index contributed by atoms with van der Waals surface area (Å²) in [7, 11) is 0. The number of esters is 1. The number of hydrogen-bond acceptors (Lipinski definition) is 5. The van der Waals surface area contributed by atoms with Crippen molar-refractivity contribution in [3.05, 3.63) is 47.3 Å². The van der Waals surface area contributed by atoms with Gasteiger partial charge in [-0.1, -0.05) is 32.1 Å². The molecule has 0 spiro atoms. The second-order valence-electron chi connectivity index (χ2n) is 9.20. The molecule has 1 aromatic rings. The summed E-state index contributed by atoms with van der Waals surface area (Å²) in [5.74, 6) is -0.290. The lowest BCUT2D eigenvalue weighted by Crippen LogP contribution is -2.36. The lowest BCUT2D eigenvalue weighted by molar-refractivity contribution is -0.151. The Kier molecular flexibility index (Phi) is 8.88. The molecule has 2 aliphatic heterocycles. The highest BCUT2D eigenvalue weighted by Crippen LogP contribution is 2.26. The molecule has 2 heterocycles. The number of anilines is 1. The van der Waals surface area contributed by atoms with Crippen LogP contribution in [0.5, 0.6) is 0 Å². The average molecular weight is 446 g/mol. The Morgan fingerprint density at radius 2 is 1.94 bits per heavy atom. The Bertz CT molecular complexity index is 831. The first kappa shape index (κ1) is 24.5. The lowest BCUT2D eigenvalue weighted by atomic mass is 9.93. The zero-order chi connectivity index (χ0) is 23.1. The van der Waals surface area contributed by atoms with E-state index in [1.54, 1.807) is 6.07 Å². The molecule has 0 unspecified atom stereocenters. The fourth-order valence-electron chi connectivity index (χ4n) is 4.35. The maximum atomic E-state index is 14.4. The molecule has 0 aliphatic carbocycles. The molecule has 1 N–H and O–H groups in total. The zero-order valence-electron chi connectivity index (χ0n) is 19.4. The first-order valence-corrected chi connectivity index (χ1v) is 11.7.